The third-order valence-corrected chi connectivity index (χ3v) is 4.16. The average Bonchev–Trinajstić information content (AvgIpc) is 3.15. The molecule has 22 heavy (non-hydrogen) atoms. The predicted octanol–water partition coefficient (Wildman–Crippen LogP) is 1.52. The minimum Gasteiger partial charge on any atom is -0.381 e. The van der Waals surface area contributed by atoms with Gasteiger partial charge in [0, 0.05) is 58.6 Å². The first-order chi connectivity index (χ1) is 10.7. The number of aliphatic imine (C=N–C) groups is 1. The smallest absolute Gasteiger partial charge is 0.193 e. The van der Waals surface area contributed by atoms with Gasteiger partial charge in [-0.15, -0.1) is 0 Å². The molecule has 1 saturated heterocycles. The number of hydrogen-bond donors (Lipinski definition) is 1. The summed E-state index contributed by atoms with van der Waals surface area (Å²) < 4.78 is 7.63. The van der Waals surface area contributed by atoms with Crippen molar-refractivity contribution in [1.82, 2.24) is 19.8 Å². The fraction of sp³-hybridized carbons (Fsp3) is 0.750. The molecule has 6 nitrogen and oxygen atoms in total. The van der Waals surface area contributed by atoms with Crippen molar-refractivity contribution in [2.24, 2.45) is 10.9 Å². The molecule has 1 atom stereocenters. The molecule has 1 aromatic rings. The van der Waals surface area contributed by atoms with Crippen molar-refractivity contribution in [3.8, 4) is 0 Å². The molecule has 0 radical (unpaired) electrons. The largest absolute Gasteiger partial charge is 0.381 e. The maximum absolute atomic E-state index is 5.44. The Bertz CT molecular complexity index is 465. The first-order valence-corrected chi connectivity index (χ1v) is 8.18. The zero-order valence-corrected chi connectivity index (χ0v) is 14.1. The highest BCUT2D eigenvalue weighted by atomic mass is 16.5. The molecule has 1 aromatic heterocycles. The Hall–Kier alpha value is -1.56. The van der Waals surface area contributed by atoms with Gasteiger partial charge >= 0.3 is 0 Å². The van der Waals surface area contributed by atoms with Gasteiger partial charge in [0.25, 0.3) is 0 Å². The van der Waals surface area contributed by atoms with Crippen molar-refractivity contribution in [2.45, 2.75) is 32.7 Å². The van der Waals surface area contributed by atoms with Gasteiger partial charge in [0.15, 0.2) is 5.96 Å². The van der Waals surface area contributed by atoms with Crippen molar-refractivity contribution in [2.75, 3.05) is 40.4 Å². The minimum atomic E-state index is 0.632. The number of aromatic nitrogens is 2. The van der Waals surface area contributed by atoms with E-state index in [0.29, 0.717) is 5.92 Å². The molecule has 0 spiro atoms. The molecule has 1 aliphatic heterocycles. The highest BCUT2D eigenvalue weighted by molar-refractivity contribution is 5.79. The normalized spacial score (nSPS) is 18.7. The molecule has 2 rings (SSSR count). The number of aryl methyl sites for hydroxylation is 2. The first-order valence-electron chi connectivity index (χ1n) is 8.18. The van der Waals surface area contributed by atoms with Crippen molar-refractivity contribution < 1.29 is 4.74 Å². The van der Waals surface area contributed by atoms with E-state index in [4.69, 9.17) is 4.74 Å². The van der Waals surface area contributed by atoms with Crippen LogP contribution in [0.5, 0.6) is 0 Å². The zero-order valence-electron chi connectivity index (χ0n) is 14.1. The Morgan fingerprint density at radius 1 is 1.55 bits per heavy atom. The van der Waals surface area contributed by atoms with E-state index in [2.05, 4.69) is 31.8 Å². The standard InChI is InChI=1S/C16H29N5O/c1-14-18-8-10-21(14)9-5-4-7-19-16(17-2)20(3)12-15-6-11-22-13-15/h8,10,15H,4-7,9,11-13H2,1-3H3,(H,17,19). The number of rotatable bonds is 7. The maximum Gasteiger partial charge on any atom is 0.193 e. The lowest BCUT2D eigenvalue weighted by molar-refractivity contribution is 0.181. The predicted molar refractivity (Wildman–Crippen MR) is 89.1 cm³/mol. The maximum atomic E-state index is 5.44. The SMILES string of the molecule is CN=C(NCCCCn1ccnc1C)N(C)CC1CCOC1. The van der Waals surface area contributed by atoms with Gasteiger partial charge in [0.05, 0.1) is 6.61 Å². The molecule has 1 unspecified atom stereocenters. The second kappa shape index (κ2) is 8.78. The van der Waals surface area contributed by atoms with Crippen LogP contribution in [0.1, 0.15) is 25.1 Å². The summed E-state index contributed by atoms with van der Waals surface area (Å²) in [7, 11) is 3.95. The van der Waals surface area contributed by atoms with E-state index in [0.717, 1.165) is 63.9 Å². The quantitative estimate of drug-likeness (QED) is 0.471. The lowest BCUT2D eigenvalue weighted by atomic mass is 10.1. The number of unbranched alkanes of at least 4 members (excludes halogenated alkanes) is 1. The number of ether oxygens (including phenoxy) is 1. The van der Waals surface area contributed by atoms with Gasteiger partial charge in [-0.3, -0.25) is 4.99 Å². The van der Waals surface area contributed by atoms with E-state index in [1.165, 1.54) is 0 Å². The van der Waals surface area contributed by atoms with E-state index in [-0.39, 0.29) is 0 Å². The summed E-state index contributed by atoms with van der Waals surface area (Å²) in [6.07, 6.45) is 7.32. The van der Waals surface area contributed by atoms with E-state index in [1.807, 2.05) is 26.4 Å². The number of nitrogens with one attached hydrogen (secondary N) is 1. The van der Waals surface area contributed by atoms with Crippen molar-refractivity contribution >= 4 is 5.96 Å². The van der Waals surface area contributed by atoms with Gasteiger partial charge in [-0.05, 0) is 26.2 Å². The fourth-order valence-electron chi connectivity index (χ4n) is 2.83. The van der Waals surface area contributed by atoms with Crippen LogP contribution in [0.25, 0.3) is 0 Å². The number of imidazole rings is 1. The highest BCUT2D eigenvalue weighted by Gasteiger charge is 2.18. The van der Waals surface area contributed by atoms with Gasteiger partial charge in [-0.2, -0.15) is 0 Å². The van der Waals surface area contributed by atoms with Crippen LogP contribution in [0.15, 0.2) is 17.4 Å². The summed E-state index contributed by atoms with van der Waals surface area (Å²) >= 11 is 0. The summed E-state index contributed by atoms with van der Waals surface area (Å²) in [5.41, 5.74) is 0. The van der Waals surface area contributed by atoms with Crippen LogP contribution in [0, 0.1) is 12.8 Å². The van der Waals surface area contributed by atoms with Crippen LogP contribution in [-0.4, -0.2) is 60.8 Å². The summed E-state index contributed by atoms with van der Waals surface area (Å²) in [5.74, 6) is 2.70. The number of hydrogen-bond acceptors (Lipinski definition) is 3. The molecule has 0 amide bonds. The summed E-state index contributed by atoms with van der Waals surface area (Å²) in [6, 6.07) is 0. The molecule has 1 aliphatic rings. The second-order valence-electron chi connectivity index (χ2n) is 5.96. The molecule has 1 N–H and O–H groups in total. The van der Waals surface area contributed by atoms with E-state index in [1.54, 1.807) is 0 Å². The molecule has 0 bridgehead atoms. The van der Waals surface area contributed by atoms with Crippen molar-refractivity contribution in [3.63, 3.8) is 0 Å². The Balaban J connectivity index is 1.62. The van der Waals surface area contributed by atoms with Crippen LogP contribution in [-0.2, 0) is 11.3 Å². The van der Waals surface area contributed by atoms with Gasteiger partial charge in [-0.1, -0.05) is 0 Å². The van der Waals surface area contributed by atoms with E-state index < -0.39 is 0 Å². The second-order valence-corrected chi connectivity index (χ2v) is 5.96. The van der Waals surface area contributed by atoms with Crippen LogP contribution in [0.2, 0.25) is 0 Å². The molecule has 1 fully saturated rings. The van der Waals surface area contributed by atoms with Crippen molar-refractivity contribution in [3.05, 3.63) is 18.2 Å². The number of guanidine groups is 1. The topological polar surface area (TPSA) is 54.7 Å². The Morgan fingerprint density at radius 2 is 2.41 bits per heavy atom. The highest BCUT2D eigenvalue weighted by Crippen LogP contribution is 2.13. The van der Waals surface area contributed by atoms with E-state index >= 15 is 0 Å². The fourth-order valence-corrected chi connectivity index (χ4v) is 2.83. The molecule has 0 aromatic carbocycles. The summed E-state index contributed by atoms with van der Waals surface area (Å²) in [5, 5.41) is 3.45. The monoisotopic (exact) mass is 307 g/mol. The third-order valence-electron chi connectivity index (χ3n) is 4.16. The van der Waals surface area contributed by atoms with Gasteiger partial charge in [0.2, 0.25) is 0 Å². The molecule has 0 saturated carbocycles. The van der Waals surface area contributed by atoms with Crippen LogP contribution < -0.4 is 5.32 Å². The molecule has 2 heterocycles. The minimum absolute atomic E-state index is 0.632. The zero-order chi connectivity index (χ0) is 15.8. The molecule has 0 aliphatic carbocycles. The Kier molecular flexibility index (Phi) is 6.71. The average molecular weight is 307 g/mol. The van der Waals surface area contributed by atoms with Crippen LogP contribution in [0.3, 0.4) is 0 Å². The van der Waals surface area contributed by atoms with Gasteiger partial charge in [-0.25, -0.2) is 4.98 Å². The van der Waals surface area contributed by atoms with Crippen LogP contribution in [0.4, 0.5) is 0 Å². The van der Waals surface area contributed by atoms with E-state index in [9.17, 15) is 0 Å². The first kappa shape index (κ1) is 16.8. The summed E-state index contributed by atoms with van der Waals surface area (Å²) in [6.45, 7) is 6.81. The molecule has 6 heteroatoms. The lowest BCUT2D eigenvalue weighted by Crippen LogP contribution is -2.41. The number of nitrogens with zero attached hydrogens (tertiary/aromatic N) is 4. The Morgan fingerprint density at radius 3 is 3.05 bits per heavy atom. The Labute approximate surface area is 133 Å². The lowest BCUT2D eigenvalue weighted by Gasteiger charge is -2.24. The molecular weight excluding hydrogens is 278 g/mol. The van der Waals surface area contributed by atoms with Crippen LogP contribution >= 0.6 is 0 Å². The van der Waals surface area contributed by atoms with Gasteiger partial charge in [0.1, 0.15) is 5.82 Å². The molecule has 124 valence electrons. The van der Waals surface area contributed by atoms with Crippen molar-refractivity contribution in [1.29, 1.82) is 0 Å². The third kappa shape index (κ3) is 5.02. The summed E-state index contributed by atoms with van der Waals surface area (Å²) in [4.78, 5) is 10.8. The van der Waals surface area contributed by atoms with Gasteiger partial charge < -0.3 is 19.5 Å². The molecular formula is C16H29N5O.